The van der Waals surface area contributed by atoms with Gasteiger partial charge in [-0.2, -0.15) is 0 Å². The fraction of sp³-hybridized carbons (Fsp3) is 0.381. The van der Waals surface area contributed by atoms with Gasteiger partial charge in [-0.1, -0.05) is 121 Å². The molecule has 0 aliphatic carbocycles. The number of benzene rings is 4. The summed E-state index contributed by atoms with van der Waals surface area (Å²) < 4.78 is 32.0. The van der Waals surface area contributed by atoms with Crippen molar-refractivity contribution in [1.82, 2.24) is 10.6 Å². The summed E-state index contributed by atoms with van der Waals surface area (Å²) in [6, 6.07) is 40.1. The number of carbonyl (C=O) groups is 1. The Morgan fingerprint density at radius 3 is 1.65 bits per heavy atom. The number of alkyl carbamates (subject to hydrolysis) is 1. The molecular formula is C42H51N3O6. The van der Waals surface area contributed by atoms with E-state index in [1.54, 1.807) is 0 Å². The number of aliphatic imine (C=N–C) groups is 1. The first-order valence-corrected chi connectivity index (χ1v) is 17.7. The smallest absolute Gasteiger partial charge is 0.407 e. The molecule has 51 heavy (non-hydrogen) atoms. The highest BCUT2D eigenvalue weighted by molar-refractivity contribution is 5.88. The molecule has 1 heterocycles. The van der Waals surface area contributed by atoms with Crippen molar-refractivity contribution in [2.75, 3.05) is 19.7 Å². The van der Waals surface area contributed by atoms with Crippen LogP contribution in [0.15, 0.2) is 126 Å². The van der Waals surface area contributed by atoms with E-state index in [0.29, 0.717) is 58.4 Å². The van der Waals surface area contributed by atoms with Gasteiger partial charge >= 0.3 is 6.09 Å². The third-order valence-electron chi connectivity index (χ3n) is 8.16. The Kier molecular flexibility index (Phi) is 14.6. The minimum Gasteiger partial charge on any atom is -0.444 e. The molecule has 4 aromatic carbocycles. The van der Waals surface area contributed by atoms with Gasteiger partial charge in [0.15, 0.2) is 0 Å². The number of amides is 1. The quantitative estimate of drug-likeness (QED) is 0.113. The summed E-state index contributed by atoms with van der Waals surface area (Å²) in [5.74, 6) is 0.661. The zero-order chi connectivity index (χ0) is 35.7. The second kappa shape index (κ2) is 19.7. The number of ether oxygens (including phenoxy) is 5. The van der Waals surface area contributed by atoms with Crippen LogP contribution in [-0.4, -0.2) is 61.6 Å². The second-order valence-electron chi connectivity index (χ2n) is 13.5. The fourth-order valence-corrected chi connectivity index (χ4v) is 5.70. The Hall–Kier alpha value is -4.54. The van der Waals surface area contributed by atoms with Gasteiger partial charge in [0.1, 0.15) is 29.7 Å². The van der Waals surface area contributed by atoms with Crippen molar-refractivity contribution in [2.45, 2.75) is 83.6 Å². The van der Waals surface area contributed by atoms with Crippen LogP contribution in [0.25, 0.3) is 0 Å². The average Bonchev–Trinajstić information content (AvgIpc) is 3.14. The molecule has 0 saturated carbocycles. The van der Waals surface area contributed by atoms with Gasteiger partial charge in [-0.25, -0.2) is 4.79 Å². The summed E-state index contributed by atoms with van der Waals surface area (Å²) in [7, 11) is 0. The van der Waals surface area contributed by atoms with Gasteiger partial charge in [-0.05, 0) is 49.4 Å². The van der Waals surface area contributed by atoms with E-state index in [-0.39, 0.29) is 6.04 Å². The van der Waals surface area contributed by atoms with E-state index in [4.69, 9.17) is 28.7 Å². The number of carbonyl (C=O) groups excluding carboxylic acids is 1. The first-order valence-electron chi connectivity index (χ1n) is 17.7. The van der Waals surface area contributed by atoms with Crippen molar-refractivity contribution in [1.29, 1.82) is 0 Å². The van der Waals surface area contributed by atoms with Crippen molar-refractivity contribution in [3.63, 3.8) is 0 Å². The fourth-order valence-electron chi connectivity index (χ4n) is 5.70. The molecule has 270 valence electrons. The van der Waals surface area contributed by atoms with E-state index in [1.807, 2.05) is 118 Å². The predicted octanol–water partition coefficient (Wildman–Crippen LogP) is 7.24. The van der Waals surface area contributed by atoms with Gasteiger partial charge in [0, 0.05) is 13.1 Å². The molecule has 4 atom stereocenters. The van der Waals surface area contributed by atoms with Crippen molar-refractivity contribution >= 4 is 11.9 Å². The molecule has 1 aliphatic heterocycles. The Bertz CT molecular complexity index is 1600. The average molecular weight is 694 g/mol. The third-order valence-corrected chi connectivity index (χ3v) is 8.16. The molecule has 5 rings (SSSR count). The van der Waals surface area contributed by atoms with Crippen LogP contribution in [0.5, 0.6) is 0 Å². The molecule has 1 saturated heterocycles. The van der Waals surface area contributed by atoms with Crippen molar-refractivity contribution in [3.8, 4) is 0 Å². The number of rotatable bonds is 17. The molecule has 1 fully saturated rings. The van der Waals surface area contributed by atoms with Crippen molar-refractivity contribution in [3.05, 3.63) is 144 Å². The zero-order valence-corrected chi connectivity index (χ0v) is 29.9. The lowest BCUT2D eigenvalue weighted by molar-refractivity contribution is -0.157. The lowest BCUT2D eigenvalue weighted by Crippen LogP contribution is -2.66. The molecule has 2 N–H and O–H groups in total. The highest BCUT2D eigenvalue weighted by Crippen LogP contribution is 2.26. The Balaban J connectivity index is 1.41. The van der Waals surface area contributed by atoms with Crippen LogP contribution >= 0.6 is 0 Å². The number of nitrogens with zero attached hydrogens (tertiary/aromatic N) is 1. The van der Waals surface area contributed by atoms with Gasteiger partial charge in [0.05, 0.1) is 39.1 Å². The molecule has 9 nitrogen and oxygen atoms in total. The zero-order valence-electron chi connectivity index (χ0n) is 29.9. The largest absolute Gasteiger partial charge is 0.444 e. The van der Waals surface area contributed by atoms with E-state index in [0.717, 1.165) is 22.3 Å². The van der Waals surface area contributed by atoms with Crippen LogP contribution in [0, 0.1) is 0 Å². The standard InChI is InChI=1S/C42H51N3O6/c1-42(2,3)51-41(46)44-26-16-25-43-40-39(50-30-35-23-14-7-15-24-35)38(49-29-34-21-12-6-13-22-34)37(48-28-33-19-10-5-11-20-33)36(45-40)31-47-27-32-17-8-4-9-18-32/h4-15,17-24,36-39H,16,25-31H2,1-3H3,(H,43,45)(H,44,46)/t36-,37-,38+,39+/m1/s1. The van der Waals surface area contributed by atoms with Crippen LogP contribution in [-0.2, 0) is 50.1 Å². The summed E-state index contributed by atoms with van der Waals surface area (Å²) in [4.78, 5) is 17.2. The van der Waals surface area contributed by atoms with Crippen LogP contribution in [0.3, 0.4) is 0 Å². The van der Waals surface area contributed by atoms with Crippen LogP contribution in [0.2, 0.25) is 0 Å². The number of nitrogens with one attached hydrogen (secondary N) is 2. The van der Waals surface area contributed by atoms with E-state index in [1.165, 1.54) is 0 Å². The van der Waals surface area contributed by atoms with E-state index in [2.05, 4.69) is 34.9 Å². The number of piperidine rings is 1. The number of hydrogen-bond donors (Lipinski definition) is 2. The van der Waals surface area contributed by atoms with E-state index < -0.39 is 30.0 Å². The molecule has 0 radical (unpaired) electrons. The summed E-state index contributed by atoms with van der Waals surface area (Å²) in [6.07, 6.45) is -1.38. The maximum atomic E-state index is 12.2. The summed E-state index contributed by atoms with van der Waals surface area (Å²) in [6.45, 7) is 8.32. The molecule has 4 aromatic rings. The minimum absolute atomic E-state index is 0.298. The first kappa shape index (κ1) is 37.7. The molecule has 1 aliphatic rings. The van der Waals surface area contributed by atoms with Gasteiger partial charge < -0.3 is 34.3 Å². The van der Waals surface area contributed by atoms with Crippen molar-refractivity contribution in [2.24, 2.45) is 4.99 Å². The van der Waals surface area contributed by atoms with Crippen LogP contribution in [0.4, 0.5) is 4.79 Å². The van der Waals surface area contributed by atoms with Gasteiger partial charge in [-0.3, -0.25) is 4.99 Å². The Morgan fingerprint density at radius 2 is 1.14 bits per heavy atom. The Morgan fingerprint density at radius 1 is 0.667 bits per heavy atom. The lowest BCUT2D eigenvalue weighted by Gasteiger charge is -2.44. The summed E-state index contributed by atoms with van der Waals surface area (Å²) in [5, 5.41) is 6.48. The van der Waals surface area contributed by atoms with E-state index in [9.17, 15) is 4.79 Å². The molecule has 1 amide bonds. The molecule has 0 aromatic heterocycles. The topological polar surface area (TPSA) is 99.6 Å². The van der Waals surface area contributed by atoms with E-state index >= 15 is 0 Å². The molecular weight excluding hydrogens is 642 g/mol. The van der Waals surface area contributed by atoms with Gasteiger partial charge in [0.25, 0.3) is 0 Å². The molecule has 0 spiro atoms. The summed E-state index contributed by atoms with van der Waals surface area (Å²) in [5.41, 5.74) is 3.66. The highest BCUT2D eigenvalue weighted by atomic mass is 16.6. The monoisotopic (exact) mass is 693 g/mol. The lowest BCUT2D eigenvalue weighted by atomic mass is 9.94. The molecule has 0 bridgehead atoms. The normalized spacial score (nSPS) is 19.7. The van der Waals surface area contributed by atoms with Crippen LogP contribution in [0.1, 0.15) is 49.4 Å². The number of hydrogen-bond acceptors (Lipinski definition) is 7. The number of amidine groups is 1. The first-order chi connectivity index (χ1) is 24.8. The maximum Gasteiger partial charge on any atom is 0.407 e. The summed E-state index contributed by atoms with van der Waals surface area (Å²) >= 11 is 0. The predicted molar refractivity (Wildman–Crippen MR) is 199 cm³/mol. The third kappa shape index (κ3) is 12.9. The molecule has 9 heteroatoms. The SMILES string of the molecule is CC(C)(C)OC(=O)NCCCN=C1N[C@H](COCc2ccccc2)[C@@H](OCc2ccccc2)[C@H](OCc2ccccc2)[C@@H]1OCc1ccccc1. The Labute approximate surface area is 302 Å². The molecule has 0 unspecified atom stereocenters. The maximum absolute atomic E-state index is 12.2. The highest BCUT2D eigenvalue weighted by Gasteiger charge is 2.45. The second-order valence-corrected chi connectivity index (χ2v) is 13.5. The van der Waals surface area contributed by atoms with Gasteiger partial charge in [-0.15, -0.1) is 0 Å². The van der Waals surface area contributed by atoms with Gasteiger partial charge in [0.2, 0.25) is 0 Å². The van der Waals surface area contributed by atoms with Crippen molar-refractivity contribution < 1.29 is 28.5 Å². The van der Waals surface area contributed by atoms with Crippen LogP contribution < -0.4 is 10.6 Å². The minimum atomic E-state index is -0.570.